The number of nitriles is 1. The Morgan fingerprint density at radius 3 is 2.76 bits per heavy atom. The number of hydrogen-bond donors (Lipinski definition) is 0. The highest BCUT2D eigenvalue weighted by Crippen LogP contribution is 2.23. The van der Waals surface area contributed by atoms with E-state index in [1.165, 1.54) is 13.0 Å². The van der Waals surface area contributed by atoms with Crippen molar-refractivity contribution in [3.05, 3.63) is 28.8 Å². The molecule has 17 heavy (non-hydrogen) atoms. The van der Waals surface area contributed by atoms with E-state index in [1.807, 2.05) is 0 Å². The molecule has 0 aliphatic carbocycles. The van der Waals surface area contributed by atoms with Gasteiger partial charge in [0.25, 0.3) is 6.43 Å². The van der Waals surface area contributed by atoms with Crippen molar-refractivity contribution in [1.82, 2.24) is 4.98 Å². The molecule has 0 spiro atoms. The molecule has 1 heterocycles. The second-order valence-electron chi connectivity index (χ2n) is 2.88. The SMILES string of the molecule is CCOC(=O)c1cc(F)c(C#N)c(C(F)F)n1. The van der Waals surface area contributed by atoms with E-state index >= 15 is 0 Å². The molecule has 0 saturated carbocycles. The predicted molar refractivity (Wildman–Crippen MR) is 49.8 cm³/mol. The second kappa shape index (κ2) is 5.30. The lowest BCUT2D eigenvalue weighted by Gasteiger charge is -2.06. The summed E-state index contributed by atoms with van der Waals surface area (Å²) in [6.07, 6.45) is -3.14. The maximum absolute atomic E-state index is 13.3. The van der Waals surface area contributed by atoms with E-state index in [0.29, 0.717) is 6.07 Å². The largest absolute Gasteiger partial charge is 0.461 e. The minimum atomic E-state index is -3.14. The monoisotopic (exact) mass is 244 g/mol. The number of carbonyl (C=O) groups excluding carboxylic acids is 1. The Bertz CT molecular complexity index is 483. The summed E-state index contributed by atoms with van der Waals surface area (Å²) in [5.74, 6) is -2.24. The Kier molecular flexibility index (Phi) is 4.04. The normalized spacial score (nSPS) is 10.1. The van der Waals surface area contributed by atoms with Crippen molar-refractivity contribution in [2.45, 2.75) is 13.3 Å². The van der Waals surface area contributed by atoms with Crippen molar-refractivity contribution in [1.29, 1.82) is 5.26 Å². The first-order valence-corrected chi connectivity index (χ1v) is 4.57. The minimum Gasteiger partial charge on any atom is -0.461 e. The van der Waals surface area contributed by atoms with Crippen LogP contribution in [0.1, 0.15) is 35.1 Å². The molecule has 0 N–H and O–H groups in total. The smallest absolute Gasteiger partial charge is 0.357 e. The van der Waals surface area contributed by atoms with Gasteiger partial charge in [-0.05, 0) is 6.92 Å². The summed E-state index contributed by atoms with van der Waals surface area (Å²) < 4.78 is 42.7. The number of ether oxygens (including phenoxy) is 1. The summed E-state index contributed by atoms with van der Waals surface area (Å²) in [5.41, 5.74) is -2.51. The molecule has 0 amide bonds. The molecule has 1 rings (SSSR count). The van der Waals surface area contributed by atoms with E-state index in [-0.39, 0.29) is 6.61 Å². The third-order valence-corrected chi connectivity index (χ3v) is 1.80. The molecule has 0 aliphatic rings. The van der Waals surface area contributed by atoms with Gasteiger partial charge in [0, 0.05) is 6.07 Å². The Morgan fingerprint density at radius 2 is 2.29 bits per heavy atom. The van der Waals surface area contributed by atoms with E-state index in [0.717, 1.165) is 0 Å². The van der Waals surface area contributed by atoms with E-state index in [2.05, 4.69) is 9.72 Å². The fraction of sp³-hybridized carbons (Fsp3) is 0.300. The number of carbonyl (C=O) groups is 1. The highest BCUT2D eigenvalue weighted by molar-refractivity contribution is 5.87. The number of pyridine rings is 1. The van der Waals surface area contributed by atoms with Crippen LogP contribution in [-0.2, 0) is 4.74 Å². The van der Waals surface area contributed by atoms with Crippen LogP contribution in [0.4, 0.5) is 13.2 Å². The number of esters is 1. The molecule has 90 valence electrons. The third kappa shape index (κ3) is 2.72. The van der Waals surface area contributed by atoms with Gasteiger partial charge in [-0.1, -0.05) is 0 Å². The molecule has 4 nitrogen and oxygen atoms in total. The van der Waals surface area contributed by atoms with Gasteiger partial charge in [0.15, 0.2) is 5.69 Å². The lowest BCUT2D eigenvalue weighted by Crippen LogP contribution is -2.11. The van der Waals surface area contributed by atoms with Crippen LogP contribution in [0, 0.1) is 17.1 Å². The van der Waals surface area contributed by atoms with E-state index in [9.17, 15) is 18.0 Å². The molecule has 0 fully saturated rings. The van der Waals surface area contributed by atoms with Gasteiger partial charge < -0.3 is 4.74 Å². The third-order valence-electron chi connectivity index (χ3n) is 1.80. The summed E-state index contributed by atoms with van der Waals surface area (Å²) in [5, 5.41) is 8.50. The average molecular weight is 244 g/mol. The predicted octanol–water partition coefficient (Wildman–Crippen LogP) is 2.21. The molecule has 0 saturated heterocycles. The van der Waals surface area contributed by atoms with Crippen LogP contribution >= 0.6 is 0 Å². The lowest BCUT2D eigenvalue weighted by atomic mass is 10.2. The molecule has 1 aromatic heterocycles. The zero-order valence-electron chi connectivity index (χ0n) is 8.71. The maximum Gasteiger partial charge on any atom is 0.357 e. The molecule has 0 atom stereocenters. The van der Waals surface area contributed by atoms with Crippen molar-refractivity contribution < 1.29 is 22.7 Å². The highest BCUT2D eigenvalue weighted by Gasteiger charge is 2.22. The van der Waals surface area contributed by atoms with E-state index < -0.39 is 35.2 Å². The number of alkyl halides is 2. The van der Waals surface area contributed by atoms with Crippen molar-refractivity contribution in [3.63, 3.8) is 0 Å². The van der Waals surface area contributed by atoms with Crippen LogP contribution in [0.3, 0.4) is 0 Å². The van der Waals surface area contributed by atoms with Crippen LogP contribution in [0.15, 0.2) is 6.07 Å². The average Bonchev–Trinajstić information content (AvgIpc) is 2.28. The van der Waals surface area contributed by atoms with Crippen LogP contribution < -0.4 is 0 Å². The summed E-state index contributed by atoms with van der Waals surface area (Å²) in [6.45, 7) is 1.51. The van der Waals surface area contributed by atoms with Gasteiger partial charge in [-0.25, -0.2) is 22.9 Å². The van der Waals surface area contributed by atoms with Gasteiger partial charge in [-0.3, -0.25) is 0 Å². The fourth-order valence-electron chi connectivity index (χ4n) is 1.11. The Morgan fingerprint density at radius 1 is 1.65 bits per heavy atom. The van der Waals surface area contributed by atoms with E-state index in [1.54, 1.807) is 0 Å². The highest BCUT2D eigenvalue weighted by atomic mass is 19.3. The number of hydrogen-bond acceptors (Lipinski definition) is 4. The van der Waals surface area contributed by atoms with Crippen molar-refractivity contribution in [3.8, 4) is 6.07 Å². The molecule has 0 aliphatic heterocycles. The lowest BCUT2D eigenvalue weighted by molar-refractivity contribution is 0.0517. The van der Waals surface area contributed by atoms with Crippen LogP contribution in [0.5, 0.6) is 0 Å². The molecule has 7 heteroatoms. The molecular weight excluding hydrogens is 237 g/mol. The van der Waals surface area contributed by atoms with E-state index in [4.69, 9.17) is 5.26 Å². The first kappa shape index (κ1) is 13.0. The standard InChI is InChI=1S/C10H7F3N2O2/c1-2-17-10(16)7-3-6(11)5(4-14)8(15-7)9(12)13/h3,9H,2H2,1H3. The molecular formula is C10H7F3N2O2. The minimum absolute atomic E-state index is 0.00610. The van der Waals surface area contributed by atoms with Crippen molar-refractivity contribution in [2.75, 3.05) is 6.61 Å². The molecule has 0 unspecified atom stereocenters. The first-order valence-electron chi connectivity index (χ1n) is 4.57. The number of aromatic nitrogens is 1. The summed E-state index contributed by atoms with van der Waals surface area (Å²) >= 11 is 0. The van der Waals surface area contributed by atoms with Crippen molar-refractivity contribution >= 4 is 5.97 Å². The van der Waals surface area contributed by atoms with Crippen LogP contribution in [0.25, 0.3) is 0 Å². The van der Waals surface area contributed by atoms with Gasteiger partial charge in [-0.2, -0.15) is 5.26 Å². The molecule has 0 aromatic carbocycles. The Balaban J connectivity index is 3.30. The number of halogens is 3. The van der Waals surface area contributed by atoms with Gasteiger partial charge in [0.2, 0.25) is 0 Å². The summed E-state index contributed by atoms with van der Waals surface area (Å²) in [4.78, 5) is 14.4. The zero-order valence-corrected chi connectivity index (χ0v) is 8.71. The van der Waals surface area contributed by atoms with Gasteiger partial charge >= 0.3 is 5.97 Å². The van der Waals surface area contributed by atoms with Gasteiger partial charge in [0.1, 0.15) is 23.1 Å². The Labute approximate surface area is 94.6 Å². The Hall–Kier alpha value is -2.10. The van der Waals surface area contributed by atoms with Crippen molar-refractivity contribution in [2.24, 2.45) is 0 Å². The summed E-state index contributed by atoms with van der Waals surface area (Å²) in [6, 6.07) is 1.87. The molecule has 0 bridgehead atoms. The van der Waals surface area contributed by atoms with Crippen LogP contribution in [-0.4, -0.2) is 17.6 Å². The second-order valence-corrected chi connectivity index (χ2v) is 2.88. The number of nitrogens with zero attached hydrogens (tertiary/aromatic N) is 2. The van der Waals surface area contributed by atoms with Gasteiger partial charge in [-0.15, -0.1) is 0 Å². The topological polar surface area (TPSA) is 63.0 Å². The van der Waals surface area contributed by atoms with Gasteiger partial charge in [0.05, 0.1) is 6.61 Å². The summed E-state index contributed by atoms with van der Waals surface area (Å²) in [7, 11) is 0. The number of rotatable bonds is 3. The van der Waals surface area contributed by atoms with Crippen LogP contribution in [0.2, 0.25) is 0 Å². The molecule has 1 aromatic rings. The molecule has 0 radical (unpaired) electrons. The zero-order chi connectivity index (χ0) is 13.0. The quantitative estimate of drug-likeness (QED) is 0.764. The maximum atomic E-state index is 13.3. The fourth-order valence-corrected chi connectivity index (χ4v) is 1.11. The first-order chi connectivity index (χ1) is 8.01.